The Morgan fingerprint density at radius 3 is 2.10 bits per heavy atom. The zero-order valence-corrected chi connectivity index (χ0v) is 15.8. The highest BCUT2D eigenvalue weighted by Gasteiger charge is 2.26. The SMILES string of the molecule is NCC(=O)NCC(=O)NC(CCCN=C(N)N)C(=O)NC(CCC(N)=O)C(=O)O. The van der Waals surface area contributed by atoms with Crippen LogP contribution in [0.1, 0.15) is 25.7 Å². The van der Waals surface area contributed by atoms with Gasteiger partial charge < -0.3 is 44.0 Å². The molecule has 0 bridgehead atoms. The number of hydrogen-bond acceptors (Lipinski definition) is 7. The molecule has 4 amide bonds. The Balaban J connectivity index is 5.02. The van der Waals surface area contributed by atoms with E-state index in [1.54, 1.807) is 0 Å². The van der Waals surface area contributed by atoms with Gasteiger partial charge in [0.1, 0.15) is 12.1 Å². The molecule has 0 radical (unpaired) electrons. The molecule has 2 unspecified atom stereocenters. The number of nitrogens with one attached hydrogen (secondary N) is 3. The van der Waals surface area contributed by atoms with Crippen molar-refractivity contribution in [1.29, 1.82) is 0 Å². The highest BCUT2D eigenvalue weighted by molar-refractivity contribution is 5.92. The van der Waals surface area contributed by atoms with Crippen LogP contribution in [-0.4, -0.2) is 72.4 Å². The van der Waals surface area contributed by atoms with Crippen molar-refractivity contribution in [2.24, 2.45) is 27.9 Å². The molecule has 29 heavy (non-hydrogen) atoms. The minimum atomic E-state index is -1.37. The van der Waals surface area contributed by atoms with E-state index in [0.29, 0.717) is 6.42 Å². The third kappa shape index (κ3) is 12.6. The number of guanidine groups is 1. The van der Waals surface area contributed by atoms with Gasteiger partial charge in [-0.1, -0.05) is 0 Å². The average molecular weight is 416 g/mol. The van der Waals surface area contributed by atoms with Crippen LogP contribution in [0.25, 0.3) is 0 Å². The molecule has 12 N–H and O–H groups in total. The second-order valence-electron chi connectivity index (χ2n) is 5.95. The van der Waals surface area contributed by atoms with E-state index in [0.717, 1.165) is 0 Å². The number of aliphatic imine (C=N–C) groups is 1. The summed E-state index contributed by atoms with van der Waals surface area (Å²) in [6.45, 7) is -0.552. The molecule has 0 aliphatic heterocycles. The summed E-state index contributed by atoms with van der Waals surface area (Å²) in [5.41, 5.74) is 20.5. The summed E-state index contributed by atoms with van der Waals surface area (Å²) in [5, 5.41) is 16.1. The van der Waals surface area contributed by atoms with Gasteiger partial charge in [-0.15, -0.1) is 0 Å². The highest BCUT2D eigenvalue weighted by atomic mass is 16.4. The second kappa shape index (κ2) is 13.7. The van der Waals surface area contributed by atoms with Crippen LogP contribution in [0.5, 0.6) is 0 Å². The third-order valence-electron chi connectivity index (χ3n) is 3.52. The number of primary amides is 1. The molecule has 0 aliphatic rings. The molecule has 0 aliphatic carbocycles. The van der Waals surface area contributed by atoms with Crippen LogP contribution in [0.3, 0.4) is 0 Å². The Bertz CT molecular complexity index is 634. The maximum Gasteiger partial charge on any atom is 0.326 e. The van der Waals surface area contributed by atoms with E-state index in [1.165, 1.54) is 0 Å². The molecule has 0 rings (SSSR count). The summed E-state index contributed by atoms with van der Waals surface area (Å²) in [6, 6.07) is -2.49. The molecular weight excluding hydrogens is 388 g/mol. The molecule has 164 valence electrons. The summed E-state index contributed by atoms with van der Waals surface area (Å²) in [6.07, 6.45) is -0.0761. The van der Waals surface area contributed by atoms with Crippen molar-refractivity contribution in [1.82, 2.24) is 16.0 Å². The zero-order chi connectivity index (χ0) is 22.4. The topological polar surface area (TPSA) is 258 Å². The molecular formula is C15H28N8O6. The summed E-state index contributed by atoms with van der Waals surface area (Å²) >= 11 is 0. The Hall–Kier alpha value is -3.42. The minimum absolute atomic E-state index is 0.0847. The van der Waals surface area contributed by atoms with Gasteiger partial charge in [0.25, 0.3) is 0 Å². The van der Waals surface area contributed by atoms with Crippen LogP contribution >= 0.6 is 0 Å². The van der Waals surface area contributed by atoms with Gasteiger partial charge in [-0.25, -0.2) is 4.79 Å². The lowest BCUT2D eigenvalue weighted by molar-refractivity contribution is -0.142. The van der Waals surface area contributed by atoms with Gasteiger partial charge in [-0.2, -0.15) is 0 Å². The van der Waals surface area contributed by atoms with Crippen molar-refractivity contribution in [2.45, 2.75) is 37.8 Å². The first-order valence-electron chi connectivity index (χ1n) is 8.69. The largest absolute Gasteiger partial charge is 0.480 e. The number of carboxylic acid groups (broad SMARTS) is 1. The van der Waals surface area contributed by atoms with Gasteiger partial charge in [0.05, 0.1) is 13.1 Å². The lowest BCUT2D eigenvalue weighted by atomic mass is 10.1. The van der Waals surface area contributed by atoms with E-state index < -0.39 is 48.2 Å². The van der Waals surface area contributed by atoms with Crippen LogP contribution in [0.4, 0.5) is 0 Å². The lowest BCUT2D eigenvalue weighted by Crippen LogP contribution is -2.53. The lowest BCUT2D eigenvalue weighted by Gasteiger charge is -2.21. The van der Waals surface area contributed by atoms with Gasteiger partial charge in [0.15, 0.2) is 5.96 Å². The molecule has 0 aromatic rings. The third-order valence-corrected chi connectivity index (χ3v) is 3.52. The first kappa shape index (κ1) is 25.6. The first-order chi connectivity index (χ1) is 13.6. The molecule has 14 heteroatoms. The normalized spacial score (nSPS) is 12.2. The number of hydrogen-bond donors (Lipinski definition) is 8. The van der Waals surface area contributed by atoms with Crippen LogP contribution in [0.2, 0.25) is 0 Å². The number of amides is 4. The highest BCUT2D eigenvalue weighted by Crippen LogP contribution is 2.03. The Morgan fingerprint density at radius 1 is 0.931 bits per heavy atom. The molecule has 0 heterocycles. The van der Waals surface area contributed by atoms with Crippen molar-refractivity contribution in [3.05, 3.63) is 0 Å². The quantitative estimate of drug-likeness (QED) is 0.0768. The first-order valence-corrected chi connectivity index (χ1v) is 8.69. The van der Waals surface area contributed by atoms with Crippen molar-refractivity contribution in [2.75, 3.05) is 19.6 Å². The maximum atomic E-state index is 12.5. The van der Waals surface area contributed by atoms with Gasteiger partial charge in [0.2, 0.25) is 23.6 Å². The van der Waals surface area contributed by atoms with E-state index in [9.17, 15) is 29.1 Å². The standard InChI is InChI=1S/C15H28N8O6/c16-6-11(25)21-7-12(26)22-8(2-1-5-20-15(18)19)13(27)23-9(14(28)29)3-4-10(17)24/h8-9H,1-7,16H2,(H2,17,24)(H,21,25)(H,22,26)(H,23,27)(H,28,29)(H4,18,19,20). The number of carbonyl (C=O) groups excluding carboxylic acids is 4. The van der Waals surface area contributed by atoms with Crippen molar-refractivity contribution >= 4 is 35.6 Å². The fraction of sp³-hybridized carbons (Fsp3) is 0.600. The second-order valence-corrected chi connectivity index (χ2v) is 5.95. The van der Waals surface area contributed by atoms with Crippen LogP contribution < -0.4 is 38.9 Å². The number of aliphatic carboxylic acids is 1. The molecule has 14 nitrogen and oxygen atoms in total. The Morgan fingerprint density at radius 2 is 1.59 bits per heavy atom. The van der Waals surface area contributed by atoms with E-state index in [4.69, 9.17) is 22.9 Å². The molecule has 0 saturated heterocycles. The number of rotatable bonds is 14. The molecule has 2 atom stereocenters. The molecule has 0 aromatic heterocycles. The monoisotopic (exact) mass is 416 g/mol. The van der Waals surface area contributed by atoms with Gasteiger partial charge in [-0.3, -0.25) is 24.2 Å². The van der Waals surface area contributed by atoms with Gasteiger partial charge in [0, 0.05) is 13.0 Å². The maximum absolute atomic E-state index is 12.5. The zero-order valence-electron chi connectivity index (χ0n) is 15.8. The van der Waals surface area contributed by atoms with Crippen molar-refractivity contribution < 1.29 is 29.1 Å². The van der Waals surface area contributed by atoms with E-state index in [-0.39, 0.29) is 38.3 Å². The minimum Gasteiger partial charge on any atom is -0.480 e. The number of nitrogens with zero attached hydrogens (tertiary/aromatic N) is 1. The van der Waals surface area contributed by atoms with Crippen LogP contribution in [-0.2, 0) is 24.0 Å². The number of nitrogens with two attached hydrogens (primary N) is 4. The summed E-state index contributed by atoms with van der Waals surface area (Å²) in [7, 11) is 0. The average Bonchev–Trinajstić information content (AvgIpc) is 2.64. The van der Waals surface area contributed by atoms with Crippen molar-refractivity contribution in [3.8, 4) is 0 Å². The smallest absolute Gasteiger partial charge is 0.326 e. The van der Waals surface area contributed by atoms with E-state index >= 15 is 0 Å². The van der Waals surface area contributed by atoms with Gasteiger partial charge >= 0.3 is 5.97 Å². The van der Waals surface area contributed by atoms with Gasteiger partial charge in [-0.05, 0) is 19.3 Å². The van der Waals surface area contributed by atoms with Crippen molar-refractivity contribution in [3.63, 3.8) is 0 Å². The van der Waals surface area contributed by atoms with Crippen LogP contribution in [0, 0.1) is 0 Å². The number of carboxylic acids is 1. The molecule has 0 fully saturated rings. The summed E-state index contributed by atoms with van der Waals surface area (Å²) in [4.78, 5) is 61.4. The fourth-order valence-electron chi connectivity index (χ4n) is 2.09. The number of carbonyl (C=O) groups is 5. The predicted molar refractivity (Wildman–Crippen MR) is 102 cm³/mol. The van der Waals surface area contributed by atoms with Crippen LogP contribution in [0.15, 0.2) is 4.99 Å². The Kier molecular flexibility index (Phi) is 12.1. The summed E-state index contributed by atoms with van der Waals surface area (Å²) < 4.78 is 0. The molecule has 0 aromatic carbocycles. The molecule has 0 saturated carbocycles. The summed E-state index contributed by atoms with van der Waals surface area (Å²) in [5.74, 6) is -4.25. The Labute approximate surface area is 166 Å². The predicted octanol–water partition coefficient (Wildman–Crippen LogP) is -4.57. The molecule has 0 spiro atoms. The van der Waals surface area contributed by atoms with E-state index in [1.807, 2.05) is 0 Å². The fourth-order valence-corrected chi connectivity index (χ4v) is 2.09. The van der Waals surface area contributed by atoms with E-state index in [2.05, 4.69) is 20.9 Å².